The van der Waals surface area contributed by atoms with Crippen LogP contribution in [0.5, 0.6) is 0 Å². The average molecular weight is 356 g/mol. The van der Waals surface area contributed by atoms with Gasteiger partial charge in [-0.15, -0.1) is 0 Å². The van der Waals surface area contributed by atoms with E-state index in [1.807, 2.05) is 0 Å². The Morgan fingerprint density at radius 1 is 1.20 bits per heavy atom. The van der Waals surface area contributed by atoms with Crippen molar-refractivity contribution in [3.63, 3.8) is 0 Å². The van der Waals surface area contributed by atoms with E-state index >= 15 is 0 Å². The molecule has 1 aromatic heterocycles. The average Bonchev–Trinajstić information content (AvgIpc) is 2.41. The zero-order valence-corrected chi connectivity index (χ0v) is 12.3. The van der Waals surface area contributed by atoms with Crippen LogP contribution in [0.25, 0.3) is 0 Å². The predicted octanol–water partition coefficient (Wildman–Crippen LogP) is 3.45. The summed E-state index contributed by atoms with van der Waals surface area (Å²) in [6.07, 6.45) is 1.42. The summed E-state index contributed by atoms with van der Waals surface area (Å²) in [5, 5.41) is 11.6. The lowest BCUT2D eigenvalue weighted by molar-refractivity contribution is 0.0696. The topological polar surface area (TPSA) is 79.3 Å². The first kappa shape index (κ1) is 14.5. The molecule has 0 radical (unpaired) electrons. The number of hydrogen-bond donors (Lipinski definition) is 2. The Bertz CT molecular complexity index is 674. The van der Waals surface area contributed by atoms with Gasteiger partial charge in [-0.05, 0) is 46.3 Å². The monoisotopic (exact) mass is 354 g/mol. The lowest BCUT2D eigenvalue weighted by Gasteiger charge is -2.07. The van der Waals surface area contributed by atoms with Crippen LogP contribution in [-0.4, -0.2) is 22.0 Å². The molecule has 102 valence electrons. The highest BCUT2D eigenvalue weighted by Crippen LogP contribution is 2.23. The quantitative estimate of drug-likeness (QED) is 0.827. The molecular formula is C13H8BrClN2O3. The number of halogens is 2. The predicted molar refractivity (Wildman–Crippen MR) is 78.3 cm³/mol. The summed E-state index contributed by atoms with van der Waals surface area (Å²) in [6.45, 7) is 0. The number of carbonyl (C=O) groups is 2. The number of carboxylic acids is 1. The smallest absolute Gasteiger partial charge is 0.335 e. The van der Waals surface area contributed by atoms with Gasteiger partial charge in [-0.25, -0.2) is 9.78 Å². The van der Waals surface area contributed by atoms with E-state index in [-0.39, 0.29) is 16.5 Å². The van der Waals surface area contributed by atoms with Crippen LogP contribution in [0.15, 0.2) is 41.1 Å². The van der Waals surface area contributed by atoms with Gasteiger partial charge in [0.1, 0.15) is 4.60 Å². The molecule has 0 saturated carbocycles. The third-order valence-corrected chi connectivity index (χ3v) is 3.24. The van der Waals surface area contributed by atoms with Gasteiger partial charge in [-0.2, -0.15) is 0 Å². The van der Waals surface area contributed by atoms with Crippen LogP contribution < -0.4 is 5.32 Å². The molecule has 2 aromatic rings. The Kier molecular flexibility index (Phi) is 4.36. The second-order valence-electron chi connectivity index (χ2n) is 3.82. The SMILES string of the molecule is O=C(O)c1ccc(NC(=O)c2ccc(Br)nc2)c(Cl)c1. The van der Waals surface area contributed by atoms with Crippen LogP contribution >= 0.6 is 27.5 Å². The van der Waals surface area contributed by atoms with Gasteiger partial charge in [0.15, 0.2) is 0 Å². The van der Waals surface area contributed by atoms with Crippen molar-refractivity contribution in [1.82, 2.24) is 4.98 Å². The second-order valence-corrected chi connectivity index (χ2v) is 5.04. The van der Waals surface area contributed by atoms with Crippen molar-refractivity contribution in [1.29, 1.82) is 0 Å². The Morgan fingerprint density at radius 3 is 2.45 bits per heavy atom. The molecule has 1 aromatic carbocycles. The van der Waals surface area contributed by atoms with E-state index in [1.165, 1.54) is 24.4 Å². The number of anilines is 1. The largest absolute Gasteiger partial charge is 0.478 e. The minimum Gasteiger partial charge on any atom is -0.478 e. The van der Waals surface area contributed by atoms with Crippen molar-refractivity contribution < 1.29 is 14.7 Å². The Labute approximate surface area is 127 Å². The van der Waals surface area contributed by atoms with Crippen LogP contribution in [-0.2, 0) is 0 Å². The first-order valence-corrected chi connectivity index (χ1v) is 6.60. The zero-order chi connectivity index (χ0) is 14.7. The van der Waals surface area contributed by atoms with Crippen molar-refractivity contribution >= 4 is 45.1 Å². The summed E-state index contributed by atoms with van der Waals surface area (Å²) < 4.78 is 0.623. The molecule has 0 aliphatic rings. The Balaban J connectivity index is 2.19. The third kappa shape index (κ3) is 3.34. The fourth-order valence-corrected chi connectivity index (χ4v) is 1.92. The van der Waals surface area contributed by atoms with Gasteiger partial charge in [0.25, 0.3) is 5.91 Å². The lowest BCUT2D eigenvalue weighted by atomic mass is 10.2. The van der Waals surface area contributed by atoms with Gasteiger partial charge < -0.3 is 10.4 Å². The molecule has 0 fully saturated rings. The highest BCUT2D eigenvalue weighted by atomic mass is 79.9. The lowest BCUT2D eigenvalue weighted by Crippen LogP contribution is -2.12. The maximum absolute atomic E-state index is 12.0. The summed E-state index contributed by atoms with van der Waals surface area (Å²) in [5.41, 5.74) is 0.759. The van der Waals surface area contributed by atoms with E-state index in [9.17, 15) is 9.59 Å². The van der Waals surface area contributed by atoms with Crippen molar-refractivity contribution in [2.75, 3.05) is 5.32 Å². The van der Waals surface area contributed by atoms with E-state index < -0.39 is 5.97 Å². The van der Waals surface area contributed by atoms with Gasteiger partial charge in [0, 0.05) is 6.20 Å². The van der Waals surface area contributed by atoms with Crippen molar-refractivity contribution in [3.8, 4) is 0 Å². The van der Waals surface area contributed by atoms with Gasteiger partial charge in [-0.3, -0.25) is 4.79 Å². The first-order valence-electron chi connectivity index (χ1n) is 5.43. The van der Waals surface area contributed by atoms with Crippen molar-refractivity contribution in [2.24, 2.45) is 0 Å². The number of pyridine rings is 1. The summed E-state index contributed by atoms with van der Waals surface area (Å²) in [7, 11) is 0. The highest BCUT2D eigenvalue weighted by Gasteiger charge is 2.11. The normalized spacial score (nSPS) is 10.1. The molecule has 0 aliphatic carbocycles. The number of carboxylic acid groups (broad SMARTS) is 1. The summed E-state index contributed by atoms with van der Waals surface area (Å²) in [6, 6.07) is 7.33. The number of hydrogen-bond acceptors (Lipinski definition) is 3. The van der Waals surface area contributed by atoms with Crippen LogP contribution in [0.2, 0.25) is 5.02 Å². The van der Waals surface area contributed by atoms with E-state index in [1.54, 1.807) is 12.1 Å². The van der Waals surface area contributed by atoms with Crippen LogP contribution in [0.3, 0.4) is 0 Å². The van der Waals surface area contributed by atoms with Crippen molar-refractivity contribution in [3.05, 3.63) is 57.3 Å². The Hall–Kier alpha value is -1.92. The second kappa shape index (κ2) is 6.02. The van der Waals surface area contributed by atoms with Gasteiger partial charge >= 0.3 is 5.97 Å². The number of aromatic nitrogens is 1. The molecule has 2 N–H and O–H groups in total. The number of amides is 1. The highest BCUT2D eigenvalue weighted by molar-refractivity contribution is 9.10. The van der Waals surface area contributed by atoms with Crippen LogP contribution in [0, 0.1) is 0 Å². The number of carbonyl (C=O) groups excluding carboxylic acids is 1. The minimum absolute atomic E-state index is 0.0540. The molecule has 0 saturated heterocycles. The fourth-order valence-electron chi connectivity index (χ4n) is 1.45. The number of rotatable bonds is 3. The molecule has 7 heteroatoms. The maximum Gasteiger partial charge on any atom is 0.335 e. The van der Waals surface area contributed by atoms with E-state index in [0.29, 0.717) is 15.9 Å². The standard InChI is InChI=1S/C13H8BrClN2O3/c14-11-4-2-8(6-16-11)12(18)17-10-3-1-7(13(19)20)5-9(10)15/h1-6H,(H,17,18)(H,19,20). The third-order valence-electron chi connectivity index (χ3n) is 2.45. The molecule has 20 heavy (non-hydrogen) atoms. The molecule has 0 unspecified atom stereocenters. The van der Waals surface area contributed by atoms with E-state index in [0.717, 1.165) is 0 Å². The molecule has 0 atom stereocenters. The number of nitrogens with one attached hydrogen (secondary N) is 1. The summed E-state index contributed by atoms with van der Waals surface area (Å²) >= 11 is 9.10. The Morgan fingerprint density at radius 2 is 1.90 bits per heavy atom. The summed E-state index contributed by atoms with van der Waals surface area (Å²) in [5.74, 6) is -1.46. The van der Waals surface area contributed by atoms with E-state index in [4.69, 9.17) is 16.7 Å². The molecular weight excluding hydrogens is 348 g/mol. The molecule has 5 nitrogen and oxygen atoms in total. The minimum atomic E-state index is -1.08. The summed E-state index contributed by atoms with van der Waals surface area (Å²) in [4.78, 5) is 26.7. The first-order chi connectivity index (χ1) is 9.47. The molecule has 0 spiro atoms. The molecule has 1 amide bonds. The van der Waals surface area contributed by atoms with Crippen LogP contribution in [0.1, 0.15) is 20.7 Å². The van der Waals surface area contributed by atoms with Gasteiger partial charge in [0.05, 0.1) is 21.8 Å². The number of nitrogens with zero attached hydrogens (tertiary/aromatic N) is 1. The number of aromatic carboxylic acids is 1. The molecule has 2 rings (SSSR count). The fraction of sp³-hybridized carbons (Fsp3) is 0. The molecule has 0 bridgehead atoms. The van der Waals surface area contributed by atoms with Crippen molar-refractivity contribution in [2.45, 2.75) is 0 Å². The number of benzene rings is 1. The maximum atomic E-state index is 12.0. The van der Waals surface area contributed by atoms with Crippen LogP contribution in [0.4, 0.5) is 5.69 Å². The van der Waals surface area contributed by atoms with Gasteiger partial charge in [-0.1, -0.05) is 11.6 Å². The van der Waals surface area contributed by atoms with E-state index in [2.05, 4.69) is 26.2 Å². The molecule has 0 aliphatic heterocycles. The van der Waals surface area contributed by atoms with Gasteiger partial charge in [0.2, 0.25) is 0 Å². The molecule has 1 heterocycles. The zero-order valence-electron chi connectivity index (χ0n) is 9.93.